The molecule has 70 valence electrons. The molecular weight excluding hydrogens is 162 g/mol. The van der Waals surface area contributed by atoms with Gasteiger partial charge in [0, 0.05) is 23.4 Å². The van der Waals surface area contributed by atoms with Crippen LogP contribution in [0, 0.1) is 5.92 Å². The average molecular weight is 177 g/mol. The number of hydrogen-bond donors (Lipinski definition) is 1. The topological polar surface area (TPSA) is 32.9 Å². The summed E-state index contributed by atoms with van der Waals surface area (Å²) in [6.07, 6.45) is 2.73. The summed E-state index contributed by atoms with van der Waals surface area (Å²) in [7, 11) is 0. The van der Waals surface area contributed by atoms with Gasteiger partial charge in [-0.15, -0.1) is 0 Å². The summed E-state index contributed by atoms with van der Waals surface area (Å²) >= 11 is 0. The average Bonchev–Trinajstić information content (AvgIpc) is 2.47. The predicted molar refractivity (Wildman–Crippen MR) is 52.0 cm³/mol. The highest BCUT2D eigenvalue weighted by molar-refractivity contribution is 5.98. The summed E-state index contributed by atoms with van der Waals surface area (Å²) < 4.78 is 0. The molecule has 1 atom stereocenters. The van der Waals surface area contributed by atoms with Crippen LogP contribution in [0.25, 0.3) is 0 Å². The van der Waals surface area contributed by atoms with Gasteiger partial charge in [-0.25, -0.2) is 0 Å². The number of aryl methyl sites for hydroxylation is 1. The van der Waals surface area contributed by atoms with Gasteiger partial charge in [0.1, 0.15) is 0 Å². The number of nitrogens with one attached hydrogen (secondary N) is 1. The Morgan fingerprint density at radius 3 is 3.00 bits per heavy atom. The van der Waals surface area contributed by atoms with Crippen molar-refractivity contribution >= 4 is 5.78 Å². The highest BCUT2D eigenvalue weighted by Crippen LogP contribution is 2.25. The lowest BCUT2D eigenvalue weighted by atomic mass is 9.88. The van der Waals surface area contributed by atoms with Crippen LogP contribution < -0.4 is 0 Å². The predicted octanol–water partition coefficient (Wildman–Crippen LogP) is 2.34. The third kappa shape index (κ3) is 1.41. The summed E-state index contributed by atoms with van der Waals surface area (Å²) in [6, 6.07) is 2.02. The van der Waals surface area contributed by atoms with Gasteiger partial charge in [-0.05, 0) is 24.8 Å². The van der Waals surface area contributed by atoms with Gasteiger partial charge in [-0.1, -0.05) is 13.8 Å². The van der Waals surface area contributed by atoms with Crippen molar-refractivity contribution < 1.29 is 4.79 Å². The molecule has 13 heavy (non-hydrogen) atoms. The minimum atomic E-state index is 0.310. The molecule has 2 nitrogen and oxygen atoms in total. The Hall–Kier alpha value is -1.05. The molecule has 0 bridgehead atoms. The van der Waals surface area contributed by atoms with Crippen LogP contribution in [0.1, 0.15) is 42.0 Å². The van der Waals surface area contributed by atoms with Gasteiger partial charge in [0.2, 0.25) is 0 Å². The number of fused-ring (bicyclic) bond motifs is 1. The molecule has 0 amide bonds. The van der Waals surface area contributed by atoms with Gasteiger partial charge in [0.05, 0.1) is 0 Å². The molecule has 1 aliphatic carbocycles. The van der Waals surface area contributed by atoms with Crippen molar-refractivity contribution in [2.24, 2.45) is 5.92 Å². The van der Waals surface area contributed by atoms with Crippen molar-refractivity contribution in [3.05, 3.63) is 23.0 Å². The second-order valence-electron chi connectivity index (χ2n) is 3.98. The van der Waals surface area contributed by atoms with Crippen molar-refractivity contribution in [3.8, 4) is 0 Å². The van der Waals surface area contributed by atoms with Crippen LogP contribution in [0.2, 0.25) is 0 Å². The van der Waals surface area contributed by atoms with E-state index in [4.69, 9.17) is 0 Å². The first-order valence-corrected chi connectivity index (χ1v) is 4.94. The standard InChI is InChI=1S/C11H15NO/c1-3-8-6-9-10(12-8)4-7(2)5-11(9)13/h6-7,12H,3-5H2,1-2H3. The van der Waals surface area contributed by atoms with Gasteiger partial charge in [-0.3, -0.25) is 4.79 Å². The van der Waals surface area contributed by atoms with E-state index in [2.05, 4.69) is 18.8 Å². The largest absolute Gasteiger partial charge is 0.362 e. The number of hydrogen-bond acceptors (Lipinski definition) is 1. The van der Waals surface area contributed by atoms with E-state index in [-0.39, 0.29) is 0 Å². The first-order valence-electron chi connectivity index (χ1n) is 4.94. The monoisotopic (exact) mass is 177 g/mol. The number of Topliss-reactive ketones (excluding diaryl/α,β-unsaturated/α-hetero) is 1. The van der Waals surface area contributed by atoms with E-state index in [1.807, 2.05) is 6.07 Å². The van der Waals surface area contributed by atoms with Crippen LogP contribution in [0.3, 0.4) is 0 Å². The third-order valence-electron chi connectivity index (χ3n) is 2.72. The Morgan fingerprint density at radius 1 is 1.54 bits per heavy atom. The molecule has 2 heteroatoms. The fourth-order valence-corrected chi connectivity index (χ4v) is 2.01. The molecule has 0 aromatic carbocycles. The maximum atomic E-state index is 11.6. The highest BCUT2D eigenvalue weighted by Gasteiger charge is 2.23. The second kappa shape index (κ2) is 3.02. The Morgan fingerprint density at radius 2 is 2.31 bits per heavy atom. The molecule has 1 heterocycles. The molecule has 0 radical (unpaired) electrons. The number of ketones is 1. The molecular formula is C11H15NO. The third-order valence-corrected chi connectivity index (χ3v) is 2.72. The summed E-state index contributed by atoms with van der Waals surface area (Å²) in [5.41, 5.74) is 3.28. The van der Waals surface area contributed by atoms with Crippen LogP contribution in [0.4, 0.5) is 0 Å². The highest BCUT2D eigenvalue weighted by atomic mass is 16.1. The van der Waals surface area contributed by atoms with E-state index in [0.717, 1.165) is 24.1 Å². The summed E-state index contributed by atoms with van der Waals surface area (Å²) in [4.78, 5) is 14.9. The maximum absolute atomic E-state index is 11.6. The van der Waals surface area contributed by atoms with Crippen LogP contribution in [0.15, 0.2) is 6.07 Å². The number of carbonyl (C=O) groups is 1. The minimum absolute atomic E-state index is 0.310. The fourth-order valence-electron chi connectivity index (χ4n) is 2.01. The van der Waals surface area contributed by atoms with E-state index in [1.165, 1.54) is 5.69 Å². The second-order valence-corrected chi connectivity index (χ2v) is 3.98. The molecule has 1 aromatic rings. The molecule has 2 rings (SSSR count). The first kappa shape index (κ1) is 8.54. The Bertz CT molecular complexity index is 338. The van der Waals surface area contributed by atoms with Gasteiger partial charge >= 0.3 is 0 Å². The van der Waals surface area contributed by atoms with E-state index in [0.29, 0.717) is 18.1 Å². The SMILES string of the molecule is CCc1cc2c([nH]1)CC(C)CC2=O. The fraction of sp³-hybridized carbons (Fsp3) is 0.545. The van der Waals surface area contributed by atoms with Crippen molar-refractivity contribution in [1.82, 2.24) is 4.98 Å². The molecule has 1 aliphatic rings. The molecule has 1 N–H and O–H groups in total. The lowest BCUT2D eigenvalue weighted by molar-refractivity contribution is 0.0953. The van der Waals surface area contributed by atoms with E-state index < -0.39 is 0 Å². The first-order chi connectivity index (χ1) is 6.20. The van der Waals surface area contributed by atoms with E-state index >= 15 is 0 Å². The molecule has 0 saturated heterocycles. The zero-order valence-corrected chi connectivity index (χ0v) is 8.18. The molecule has 0 spiro atoms. The zero-order chi connectivity index (χ0) is 9.42. The quantitative estimate of drug-likeness (QED) is 0.701. The van der Waals surface area contributed by atoms with Crippen molar-refractivity contribution in [2.45, 2.75) is 33.1 Å². The van der Waals surface area contributed by atoms with Crippen molar-refractivity contribution in [1.29, 1.82) is 0 Å². The van der Waals surface area contributed by atoms with Crippen LogP contribution in [0.5, 0.6) is 0 Å². The summed E-state index contributed by atoms with van der Waals surface area (Å²) in [5, 5.41) is 0. The summed E-state index contributed by atoms with van der Waals surface area (Å²) in [5.74, 6) is 0.813. The van der Waals surface area contributed by atoms with E-state index in [1.54, 1.807) is 0 Å². The van der Waals surface area contributed by atoms with Gasteiger partial charge in [0.25, 0.3) is 0 Å². The Balaban J connectivity index is 2.40. The van der Waals surface area contributed by atoms with Gasteiger partial charge < -0.3 is 4.98 Å². The molecule has 1 unspecified atom stereocenters. The molecule has 1 aromatic heterocycles. The van der Waals surface area contributed by atoms with Crippen LogP contribution >= 0.6 is 0 Å². The number of rotatable bonds is 1. The smallest absolute Gasteiger partial charge is 0.164 e. The molecule has 0 saturated carbocycles. The molecule has 0 fully saturated rings. The van der Waals surface area contributed by atoms with Crippen molar-refractivity contribution in [2.75, 3.05) is 0 Å². The lowest BCUT2D eigenvalue weighted by Crippen LogP contribution is -2.16. The van der Waals surface area contributed by atoms with Crippen molar-refractivity contribution in [3.63, 3.8) is 0 Å². The number of carbonyl (C=O) groups excluding carboxylic acids is 1. The zero-order valence-electron chi connectivity index (χ0n) is 8.18. The van der Waals surface area contributed by atoms with Crippen LogP contribution in [-0.4, -0.2) is 10.8 Å². The van der Waals surface area contributed by atoms with Gasteiger partial charge in [-0.2, -0.15) is 0 Å². The number of aromatic amines is 1. The van der Waals surface area contributed by atoms with E-state index in [9.17, 15) is 4.79 Å². The Kier molecular flexibility index (Phi) is 1.98. The number of H-pyrrole nitrogens is 1. The van der Waals surface area contributed by atoms with Gasteiger partial charge in [0.15, 0.2) is 5.78 Å². The maximum Gasteiger partial charge on any atom is 0.164 e. The normalized spacial score (nSPS) is 21.7. The summed E-state index contributed by atoms with van der Waals surface area (Å²) in [6.45, 7) is 4.23. The molecule has 0 aliphatic heterocycles. The number of aromatic nitrogens is 1. The minimum Gasteiger partial charge on any atom is -0.362 e. The Labute approximate surface area is 78.4 Å². The lowest BCUT2D eigenvalue weighted by Gasteiger charge is -2.16. The van der Waals surface area contributed by atoms with Crippen LogP contribution in [-0.2, 0) is 12.8 Å².